The summed E-state index contributed by atoms with van der Waals surface area (Å²) in [4.78, 5) is 0. The number of halogens is 2. The van der Waals surface area contributed by atoms with Crippen molar-refractivity contribution in [3.05, 3.63) is 29.3 Å². The van der Waals surface area contributed by atoms with E-state index in [4.69, 9.17) is 4.74 Å². The zero-order chi connectivity index (χ0) is 12.8. The lowest BCUT2D eigenvalue weighted by Gasteiger charge is -2.13. The summed E-state index contributed by atoms with van der Waals surface area (Å²) in [6, 6.07) is 2.59. The van der Waals surface area contributed by atoms with Gasteiger partial charge in [-0.05, 0) is 30.7 Å². The summed E-state index contributed by atoms with van der Waals surface area (Å²) >= 11 is 0. The van der Waals surface area contributed by atoms with Crippen molar-refractivity contribution in [1.82, 2.24) is 5.32 Å². The molecule has 96 valence electrons. The Kier molecular flexibility index (Phi) is 5.35. The maximum Gasteiger partial charge on any atom is 0.190 e. The summed E-state index contributed by atoms with van der Waals surface area (Å²) in [6.45, 7) is 4.75. The second-order valence-electron chi connectivity index (χ2n) is 4.24. The van der Waals surface area contributed by atoms with Gasteiger partial charge in [-0.25, -0.2) is 8.78 Å². The van der Waals surface area contributed by atoms with E-state index >= 15 is 0 Å². The SMILES string of the molecule is CCC(C)COc1c(F)cc(CNC)cc1F. The maximum atomic E-state index is 13.6. The molecule has 0 amide bonds. The summed E-state index contributed by atoms with van der Waals surface area (Å²) in [7, 11) is 1.73. The minimum absolute atomic E-state index is 0.273. The zero-order valence-corrected chi connectivity index (χ0v) is 10.5. The molecule has 0 aromatic heterocycles. The Labute approximate surface area is 101 Å². The molecule has 2 nitrogen and oxygen atoms in total. The third kappa shape index (κ3) is 3.97. The van der Waals surface area contributed by atoms with Crippen LogP contribution >= 0.6 is 0 Å². The average molecular weight is 243 g/mol. The Morgan fingerprint density at radius 1 is 1.29 bits per heavy atom. The monoisotopic (exact) mass is 243 g/mol. The number of nitrogens with one attached hydrogen (secondary N) is 1. The Hall–Kier alpha value is -1.16. The number of rotatable bonds is 6. The quantitative estimate of drug-likeness (QED) is 0.829. The van der Waals surface area contributed by atoms with Crippen LogP contribution < -0.4 is 10.1 Å². The van der Waals surface area contributed by atoms with Crippen molar-refractivity contribution in [2.45, 2.75) is 26.8 Å². The molecule has 0 saturated heterocycles. The lowest BCUT2D eigenvalue weighted by atomic mass is 10.1. The molecule has 1 unspecified atom stereocenters. The van der Waals surface area contributed by atoms with Gasteiger partial charge in [0, 0.05) is 6.54 Å². The van der Waals surface area contributed by atoms with Gasteiger partial charge >= 0.3 is 0 Å². The van der Waals surface area contributed by atoms with Crippen molar-refractivity contribution in [2.24, 2.45) is 5.92 Å². The Bertz CT molecular complexity index is 345. The van der Waals surface area contributed by atoms with Crippen LogP contribution in [0.4, 0.5) is 8.78 Å². The van der Waals surface area contributed by atoms with Gasteiger partial charge in [-0.15, -0.1) is 0 Å². The van der Waals surface area contributed by atoms with E-state index in [1.54, 1.807) is 7.05 Å². The Balaban J connectivity index is 2.78. The molecule has 0 radical (unpaired) electrons. The van der Waals surface area contributed by atoms with Gasteiger partial charge in [-0.3, -0.25) is 0 Å². The topological polar surface area (TPSA) is 21.3 Å². The first-order chi connectivity index (χ1) is 8.08. The molecule has 0 bridgehead atoms. The van der Waals surface area contributed by atoms with Crippen molar-refractivity contribution >= 4 is 0 Å². The molecule has 17 heavy (non-hydrogen) atoms. The molecule has 0 spiro atoms. The van der Waals surface area contributed by atoms with Crippen molar-refractivity contribution in [2.75, 3.05) is 13.7 Å². The summed E-state index contributed by atoms with van der Waals surface area (Å²) in [5, 5.41) is 2.84. The zero-order valence-electron chi connectivity index (χ0n) is 10.5. The van der Waals surface area contributed by atoms with Crippen LogP contribution in [0.25, 0.3) is 0 Å². The van der Waals surface area contributed by atoms with Gasteiger partial charge in [0.05, 0.1) is 6.61 Å². The van der Waals surface area contributed by atoms with Gasteiger partial charge in [0.15, 0.2) is 17.4 Å². The van der Waals surface area contributed by atoms with E-state index in [0.717, 1.165) is 6.42 Å². The summed E-state index contributed by atoms with van der Waals surface area (Å²) in [5.74, 6) is -1.27. The second kappa shape index (κ2) is 6.55. The number of benzene rings is 1. The Morgan fingerprint density at radius 3 is 2.35 bits per heavy atom. The fourth-order valence-electron chi connectivity index (χ4n) is 1.40. The molecule has 4 heteroatoms. The van der Waals surface area contributed by atoms with Crippen molar-refractivity contribution in [1.29, 1.82) is 0 Å². The van der Waals surface area contributed by atoms with Gasteiger partial charge in [0.25, 0.3) is 0 Å². The van der Waals surface area contributed by atoms with E-state index in [-0.39, 0.29) is 11.7 Å². The molecule has 1 aromatic rings. The molecule has 0 heterocycles. The molecular weight excluding hydrogens is 224 g/mol. The lowest BCUT2D eigenvalue weighted by molar-refractivity contribution is 0.235. The standard InChI is InChI=1S/C13H19F2NO/c1-4-9(2)8-17-13-11(14)5-10(7-16-3)6-12(13)15/h5-6,9,16H,4,7-8H2,1-3H3. The predicted octanol–water partition coefficient (Wildman–Crippen LogP) is 3.11. The molecule has 1 N–H and O–H groups in total. The average Bonchev–Trinajstić information content (AvgIpc) is 2.28. The number of hydrogen-bond donors (Lipinski definition) is 1. The van der Waals surface area contributed by atoms with Gasteiger partial charge < -0.3 is 10.1 Å². The van der Waals surface area contributed by atoms with Gasteiger partial charge in [-0.1, -0.05) is 20.3 Å². The number of hydrogen-bond acceptors (Lipinski definition) is 2. The lowest BCUT2D eigenvalue weighted by Crippen LogP contribution is -2.11. The summed E-state index contributed by atoms with van der Waals surface area (Å²) < 4.78 is 32.4. The second-order valence-corrected chi connectivity index (χ2v) is 4.24. The van der Waals surface area contributed by atoms with Crippen LogP contribution in [0.3, 0.4) is 0 Å². The minimum atomic E-state index is -0.640. The van der Waals surface area contributed by atoms with Gasteiger partial charge in [-0.2, -0.15) is 0 Å². The van der Waals surface area contributed by atoms with Crippen molar-refractivity contribution in [3.8, 4) is 5.75 Å². The first kappa shape index (κ1) is 13.9. The third-order valence-electron chi connectivity index (χ3n) is 2.65. The molecule has 1 rings (SSSR count). The highest BCUT2D eigenvalue weighted by molar-refractivity contribution is 5.31. The van der Waals surface area contributed by atoms with E-state index in [1.807, 2.05) is 13.8 Å². The van der Waals surface area contributed by atoms with E-state index < -0.39 is 11.6 Å². The molecular formula is C13H19F2NO. The van der Waals surface area contributed by atoms with Crippen LogP contribution in [0.1, 0.15) is 25.8 Å². The molecule has 0 saturated carbocycles. The highest BCUT2D eigenvalue weighted by Gasteiger charge is 2.13. The van der Waals surface area contributed by atoms with Crippen LogP contribution in [0, 0.1) is 17.6 Å². The van der Waals surface area contributed by atoms with Crippen molar-refractivity contribution < 1.29 is 13.5 Å². The largest absolute Gasteiger partial charge is 0.487 e. The molecule has 0 fully saturated rings. The van der Waals surface area contributed by atoms with Gasteiger partial charge in [0.1, 0.15) is 0 Å². The third-order valence-corrected chi connectivity index (χ3v) is 2.65. The predicted molar refractivity (Wildman–Crippen MR) is 64.1 cm³/mol. The van der Waals surface area contributed by atoms with E-state index in [2.05, 4.69) is 5.32 Å². The minimum Gasteiger partial charge on any atom is -0.487 e. The molecule has 1 atom stereocenters. The fourth-order valence-corrected chi connectivity index (χ4v) is 1.40. The summed E-state index contributed by atoms with van der Waals surface area (Å²) in [6.07, 6.45) is 0.918. The molecule has 0 aliphatic heterocycles. The van der Waals surface area contributed by atoms with Crippen LogP contribution in [-0.2, 0) is 6.54 Å². The highest BCUT2D eigenvalue weighted by atomic mass is 19.1. The highest BCUT2D eigenvalue weighted by Crippen LogP contribution is 2.24. The van der Waals surface area contributed by atoms with Gasteiger partial charge in [0.2, 0.25) is 0 Å². The van der Waals surface area contributed by atoms with Crippen LogP contribution in [-0.4, -0.2) is 13.7 Å². The van der Waals surface area contributed by atoms with Crippen LogP contribution in [0.15, 0.2) is 12.1 Å². The molecule has 1 aromatic carbocycles. The van der Waals surface area contributed by atoms with Crippen molar-refractivity contribution in [3.63, 3.8) is 0 Å². The van der Waals surface area contributed by atoms with E-state index in [9.17, 15) is 8.78 Å². The smallest absolute Gasteiger partial charge is 0.190 e. The first-order valence-electron chi connectivity index (χ1n) is 5.83. The van der Waals surface area contributed by atoms with Crippen LogP contribution in [0.5, 0.6) is 5.75 Å². The Morgan fingerprint density at radius 2 is 1.88 bits per heavy atom. The van der Waals surface area contributed by atoms with Crippen LogP contribution in [0.2, 0.25) is 0 Å². The normalized spacial score (nSPS) is 12.5. The molecule has 0 aliphatic carbocycles. The maximum absolute atomic E-state index is 13.6. The van der Waals surface area contributed by atoms with E-state index in [0.29, 0.717) is 18.7 Å². The molecule has 0 aliphatic rings. The fraction of sp³-hybridized carbons (Fsp3) is 0.538. The first-order valence-corrected chi connectivity index (χ1v) is 5.83. The van der Waals surface area contributed by atoms with E-state index in [1.165, 1.54) is 12.1 Å². The number of ether oxygens (including phenoxy) is 1. The summed E-state index contributed by atoms with van der Waals surface area (Å²) in [5.41, 5.74) is 0.568.